The van der Waals surface area contributed by atoms with Gasteiger partial charge in [-0.3, -0.25) is 9.59 Å². The lowest BCUT2D eigenvalue weighted by molar-refractivity contribution is -0.135. The van der Waals surface area contributed by atoms with Crippen molar-refractivity contribution in [1.82, 2.24) is 0 Å². The summed E-state index contributed by atoms with van der Waals surface area (Å²) in [4.78, 5) is 18.0. The van der Waals surface area contributed by atoms with E-state index in [2.05, 4.69) is 0 Å². The number of rotatable bonds is 0. The molecule has 6 heteroatoms. The van der Waals surface area contributed by atoms with E-state index in [1.54, 1.807) is 18.2 Å². The minimum atomic E-state index is -0.833. The Morgan fingerprint density at radius 1 is 0.750 bits per heavy atom. The highest BCUT2D eigenvalue weighted by Gasteiger charge is 2.07. The van der Waals surface area contributed by atoms with Crippen LogP contribution in [-0.2, 0) is 9.59 Å². The maximum absolute atomic E-state index is 10.1. The lowest BCUT2D eigenvalue weighted by atomic mass is 10.0. The van der Waals surface area contributed by atoms with Gasteiger partial charge in [-0.2, -0.15) is 0 Å². The van der Waals surface area contributed by atoms with Gasteiger partial charge in [0, 0.05) is 30.0 Å². The second-order valence-electron chi connectivity index (χ2n) is 4.86. The molecule has 0 spiro atoms. The molecule has 0 unspecified atom stereocenters. The number of carboxylic acids is 2. The first kappa shape index (κ1) is 18.8. The van der Waals surface area contributed by atoms with Gasteiger partial charge >= 0.3 is 0 Å². The number of aromatic hydroxyl groups is 2. The highest BCUT2D eigenvalue weighted by molar-refractivity contribution is 6.06. The zero-order valence-electron chi connectivity index (χ0n) is 13.2. The summed E-state index contributed by atoms with van der Waals surface area (Å²) in [7, 11) is 0. The molecule has 3 aromatic rings. The van der Waals surface area contributed by atoms with Gasteiger partial charge in [-0.25, -0.2) is 0 Å². The summed E-state index contributed by atoms with van der Waals surface area (Å²) in [5, 5.41) is 37.8. The van der Waals surface area contributed by atoms with Crippen molar-refractivity contribution >= 4 is 33.5 Å². The van der Waals surface area contributed by atoms with Gasteiger partial charge in [0.2, 0.25) is 0 Å². The molecule has 0 aliphatic heterocycles. The molecule has 4 N–H and O–H groups in total. The molecule has 0 radical (unpaired) electrons. The molecule has 3 rings (SSSR count). The van der Waals surface area contributed by atoms with Crippen LogP contribution in [0.3, 0.4) is 0 Å². The van der Waals surface area contributed by atoms with Gasteiger partial charge in [-0.1, -0.05) is 36.4 Å². The van der Waals surface area contributed by atoms with Crippen molar-refractivity contribution in [3.63, 3.8) is 0 Å². The topological polar surface area (TPSA) is 115 Å². The third kappa shape index (κ3) is 5.17. The summed E-state index contributed by atoms with van der Waals surface area (Å²) >= 11 is 0. The zero-order chi connectivity index (χ0) is 18.3. The number of hydrogen-bond donors (Lipinski definition) is 4. The fraction of sp³-hybridized carbons (Fsp3) is 0.111. The Labute approximate surface area is 138 Å². The maximum Gasteiger partial charge on any atom is 0.300 e. The normalized spacial score (nSPS) is 9.42. The number of phenolic OH excluding ortho intramolecular Hbond substituents is 2. The summed E-state index contributed by atoms with van der Waals surface area (Å²) in [6.07, 6.45) is 0. The highest BCUT2D eigenvalue weighted by Crippen LogP contribution is 2.37. The van der Waals surface area contributed by atoms with E-state index in [1.807, 2.05) is 30.3 Å². The molecule has 0 aliphatic carbocycles. The number of carbonyl (C=O) groups is 2. The molecular formula is C18H18O6. The predicted molar refractivity (Wildman–Crippen MR) is 91.4 cm³/mol. The molecule has 6 nitrogen and oxygen atoms in total. The van der Waals surface area contributed by atoms with E-state index in [9.17, 15) is 10.2 Å². The Morgan fingerprint density at radius 2 is 1.25 bits per heavy atom. The van der Waals surface area contributed by atoms with Crippen LogP contribution in [0.4, 0.5) is 0 Å². The van der Waals surface area contributed by atoms with Gasteiger partial charge in [0.25, 0.3) is 11.9 Å². The Balaban J connectivity index is 0.000000306. The largest absolute Gasteiger partial charge is 0.507 e. The van der Waals surface area contributed by atoms with E-state index >= 15 is 0 Å². The average Bonchev–Trinajstić information content (AvgIpc) is 2.48. The second-order valence-corrected chi connectivity index (χ2v) is 4.86. The molecule has 3 aromatic carbocycles. The van der Waals surface area contributed by atoms with Crippen molar-refractivity contribution in [1.29, 1.82) is 0 Å². The van der Waals surface area contributed by atoms with Crippen LogP contribution in [0.15, 0.2) is 48.5 Å². The summed E-state index contributed by atoms with van der Waals surface area (Å²) in [6, 6.07) is 14.6. The molecule has 24 heavy (non-hydrogen) atoms. The first-order valence-electron chi connectivity index (χ1n) is 6.95. The Kier molecular flexibility index (Phi) is 6.55. The minimum absolute atomic E-state index is 0.193. The summed E-state index contributed by atoms with van der Waals surface area (Å²) in [5.74, 6) is -1.25. The number of aliphatic carboxylic acids is 2. The second kappa shape index (κ2) is 8.38. The Hall–Kier alpha value is -3.28. The van der Waals surface area contributed by atoms with Crippen LogP contribution in [0.25, 0.3) is 21.5 Å². The first-order valence-corrected chi connectivity index (χ1v) is 6.95. The van der Waals surface area contributed by atoms with Gasteiger partial charge in [-0.15, -0.1) is 0 Å². The minimum Gasteiger partial charge on any atom is -0.507 e. The predicted octanol–water partition coefficient (Wildman–Crippen LogP) is 3.59. The number of fused-ring (bicyclic) bond motifs is 2. The fourth-order valence-electron chi connectivity index (χ4n) is 2.05. The molecule has 126 valence electrons. The van der Waals surface area contributed by atoms with Crippen LogP contribution in [-0.4, -0.2) is 32.4 Å². The molecule has 0 atom stereocenters. The monoisotopic (exact) mass is 330 g/mol. The van der Waals surface area contributed by atoms with Crippen LogP contribution in [0.5, 0.6) is 11.5 Å². The molecule has 0 fully saturated rings. The van der Waals surface area contributed by atoms with Crippen LogP contribution in [0.1, 0.15) is 13.8 Å². The SMILES string of the molecule is CC(=O)O.CC(=O)O.Oc1cccc2c(O)c3ccccc3cc12. The van der Waals surface area contributed by atoms with Crippen LogP contribution >= 0.6 is 0 Å². The molecule has 0 saturated carbocycles. The molecule has 0 heterocycles. The fourth-order valence-corrected chi connectivity index (χ4v) is 2.05. The Morgan fingerprint density at radius 3 is 1.83 bits per heavy atom. The van der Waals surface area contributed by atoms with E-state index < -0.39 is 11.9 Å². The van der Waals surface area contributed by atoms with E-state index in [0.29, 0.717) is 10.8 Å². The van der Waals surface area contributed by atoms with E-state index in [-0.39, 0.29) is 11.5 Å². The number of carboxylic acid groups (broad SMARTS) is 2. The van der Waals surface area contributed by atoms with Gasteiger partial charge in [0.05, 0.1) is 0 Å². The zero-order valence-corrected chi connectivity index (χ0v) is 13.2. The standard InChI is InChI=1S/C14H10O2.2C2H4O2/c15-13-7-3-6-11-12(13)8-9-4-1-2-5-10(9)14(11)16;2*1-2(3)4/h1-8,15-16H;2*1H3,(H,3,4). The number of hydrogen-bond acceptors (Lipinski definition) is 4. The van der Waals surface area contributed by atoms with Crippen molar-refractivity contribution in [2.75, 3.05) is 0 Å². The summed E-state index contributed by atoms with van der Waals surface area (Å²) in [5.41, 5.74) is 0. The van der Waals surface area contributed by atoms with Crippen molar-refractivity contribution < 1.29 is 30.0 Å². The summed E-state index contributed by atoms with van der Waals surface area (Å²) < 4.78 is 0. The van der Waals surface area contributed by atoms with Gasteiger partial charge in [-0.05, 0) is 17.5 Å². The van der Waals surface area contributed by atoms with Crippen LogP contribution in [0, 0.1) is 0 Å². The molecule has 0 bridgehead atoms. The van der Waals surface area contributed by atoms with E-state index in [4.69, 9.17) is 19.8 Å². The van der Waals surface area contributed by atoms with Gasteiger partial charge < -0.3 is 20.4 Å². The molecule has 0 aromatic heterocycles. The van der Waals surface area contributed by atoms with Crippen molar-refractivity contribution in [3.8, 4) is 11.5 Å². The van der Waals surface area contributed by atoms with E-state index in [0.717, 1.165) is 24.6 Å². The smallest absolute Gasteiger partial charge is 0.300 e. The third-order valence-corrected chi connectivity index (χ3v) is 2.85. The highest BCUT2D eigenvalue weighted by atomic mass is 16.4. The quantitative estimate of drug-likeness (QED) is 0.468. The maximum atomic E-state index is 10.1. The first-order chi connectivity index (χ1) is 11.2. The van der Waals surface area contributed by atoms with E-state index in [1.165, 1.54) is 0 Å². The third-order valence-electron chi connectivity index (χ3n) is 2.85. The molecule has 0 aliphatic rings. The molecular weight excluding hydrogens is 312 g/mol. The van der Waals surface area contributed by atoms with Gasteiger partial charge in [0.1, 0.15) is 11.5 Å². The van der Waals surface area contributed by atoms with Gasteiger partial charge in [0.15, 0.2) is 0 Å². The van der Waals surface area contributed by atoms with Crippen molar-refractivity contribution in [3.05, 3.63) is 48.5 Å². The Bertz CT molecular complexity index is 850. The van der Waals surface area contributed by atoms with Crippen LogP contribution in [0.2, 0.25) is 0 Å². The van der Waals surface area contributed by atoms with Crippen LogP contribution < -0.4 is 0 Å². The number of phenols is 2. The van der Waals surface area contributed by atoms with Crippen molar-refractivity contribution in [2.45, 2.75) is 13.8 Å². The van der Waals surface area contributed by atoms with Crippen molar-refractivity contribution in [2.24, 2.45) is 0 Å². The lowest BCUT2D eigenvalue weighted by Gasteiger charge is -2.07. The molecule has 0 saturated heterocycles. The number of benzene rings is 3. The summed E-state index contributed by atoms with van der Waals surface area (Å²) in [6.45, 7) is 2.17. The molecule has 0 amide bonds. The average molecular weight is 330 g/mol. The lowest BCUT2D eigenvalue weighted by Crippen LogP contribution is -1.79.